The number of rotatable bonds is 5. The summed E-state index contributed by atoms with van der Waals surface area (Å²) in [5.74, 6) is 0. The summed E-state index contributed by atoms with van der Waals surface area (Å²) >= 11 is 1.28. The van der Waals surface area contributed by atoms with Crippen LogP contribution in [0.4, 0.5) is 11.4 Å². The second-order valence-corrected chi connectivity index (χ2v) is 7.83. The van der Waals surface area contributed by atoms with Crippen LogP contribution in [0.25, 0.3) is 0 Å². The molecule has 1 heterocycles. The molecule has 0 radical (unpaired) electrons. The number of nitrogens with one attached hydrogen (secondary N) is 1. The van der Waals surface area contributed by atoms with Crippen LogP contribution in [0.3, 0.4) is 0 Å². The first-order valence-electron chi connectivity index (χ1n) is 6.34. The molecule has 114 valence electrons. The van der Waals surface area contributed by atoms with Crippen molar-refractivity contribution in [2.75, 3.05) is 23.7 Å². The molecule has 0 spiro atoms. The number of hydrogen-bond acceptors (Lipinski definition) is 5. The summed E-state index contributed by atoms with van der Waals surface area (Å²) < 4.78 is 27.4. The van der Waals surface area contributed by atoms with Gasteiger partial charge in [-0.1, -0.05) is 6.07 Å². The van der Waals surface area contributed by atoms with Gasteiger partial charge in [-0.2, -0.15) is 0 Å². The second-order valence-electron chi connectivity index (χ2n) is 4.84. The van der Waals surface area contributed by atoms with Gasteiger partial charge in [0.15, 0.2) is 0 Å². The molecule has 0 fully saturated rings. The summed E-state index contributed by atoms with van der Waals surface area (Å²) in [6, 6.07) is 8.69. The van der Waals surface area contributed by atoms with E-state index in [1.54, 1.807) is 25.1 Å². The predicted molar refractivity (Wildman–Crippen MR) is 86.6 cm³/mol. The fourth-order valence-corrected chi connectivity index (χ4v) is 4.47. The summed E-state index contributed by atoms with van der Waals surface area (Å²) in [5, 5.41) is 9.12. The molecule has 0 atom stereocenters. The van der Waals surface area contributed by atoms with Gasteiger partial charge in [0.2, 0.25) is 0 Å². The molecule has 0 amide bonds. The van der Waals surface area contributed by atoms with Crippen molar-refractivity contribution in [3.8, 4) is 0 Å². The van der Waals surface area contributed by atoms with Gasteiger partial charge in [-0.3, -0.25) is 4.72 Å². The van der Waals surface area contributed by atoms with Crippen LogP contribution >= 0.6 is 11.3 Å². The number of aliphatic hydroxyl groups excluding tert-OH is 1. The fraction of sp³-hybridized carbons (Fsp3) is 0.286. The summed E-state index contributed by atoms with van der Waals surface area (Å²) in [5.41, 5.74) is 1.42. The quantitative estimate of drug-likeness (QED) is 0.885. The smallest absolute Gasteiger partial charge is 0.263 e. The van der Waals surface area contributed by atoms with E-state index >= 15 is 0 Å². The molecule has 5 nitrogen and oxygen atoms in total. The minimum absolute atomic E-state index is 0.156. The summed E-state index contributed by atoms with van der Waals surface area (Å²) in [6.07, 6.45) is 0. The highest BCUT2D eigenvalue weighted by molar-refractivity contribution is 7.93. The summed E-state index contributed by atoms with van der Waals surface area (Å²) in [6.45, 7) is 1.58. The predicted octanol–water partition coefficient (Wildman–Crippen LogP) is 2.42. The molecule has 0 bridgehead atoms. The molecular formula is C14H18N2O3S2. The zero-order valence-electron chi connectivity index (χ0n) is 12.1. The molecule has 0 saturated carbocycles. The van der Waals surface area contributed by atoms with Gasteiger partial charge in [0.05, 0.1) is 12.3 Å². The molecule has 1 aromatic heterocycles. The number of nitrogens with zero attached hydrogens (tertiary/aromatic N) is 1. The first kappa shape index (κ1) is 15.8. The van der Waals surface area contributed by atoms with E-state index in [1.165, 1.54) is 17.4 Å². The zero-order valence-corrected chi connectivity index (χ0v) is 13.8. The van der Waals surface area contributed by atoms with Gasteiger partial charge in [-0.25, -0.2) is 8.42 Å². The van der Waals surface area contributed by atoms with E-state index in [4.69, 9.17) is 5.11 Å². The summed E-state index contributed by atoms with van der Waals surface area (Å²) in [7, 11) is 0.141. The van der Waals surface area contributed by atoms with Gasteiger partial charge in [-0.05, 0) is 31.2 Å². The topological polar surface area (TPSA) is 69.6 Å². The van der Waals surface area contributed by atoms with Crippen LogP contribution in [-0.4, -0.2) is 27.6 Å². The van der Waals surface area contributed by atoms with Gasteiger partial charge in [-0.15, -0.1) is 11.3 Å². The molecule has 0 aliphatic rings. The molecular weight excluding hydrogens is 308 g/mol. The molecule has 2 aromatic rings. The maximum Gasteiger partial charge on any atom is 0.263 e. The van der Waals surface area contributed by atoms with Gasteiger partial charge < -0.3 is 10.0 Å². The third-order valence-corrected chi connectivity index (χ3v) is 5.66. The lowest BCUT2D eigenvalue weighted by Gasteiger charge is -2.14. The minimum atomic E-state index is -3.64. The Morgan fingerprint density at radius 1 is 1.29 bits per heavy atom. The zero-order chi connectivity index (χ0) is 15.6. The fourth-order valence-electron chi connectivity index (χ4n) is 1.93. The van der Waals surface area contributed by atoms with Crippen molar-refractivity contribution in [3.05, 3.63) is 40.1 Å². The molecule has 21 heavy (non-hydrogen) atoms. The Labute approximate surface area is 128 Å². The van der Waals surface area contributed by atoms with E-state index in [9.17, 15) is 8.42 Å². The Balaban J connectivity index is 2.33. The maximum absolute atomic E-state index is 12.4. The van der Waals surface area contributed by atoms with Crippen LogP contribution in [-0.2, 0) is 16.6 Å². The lowest BCUT2D eigenvalue weighted by molar-refractivity contribution is 0.285. The third kappa shape index (κ3) is 3.55. The van der Waals surface area contributed by atoms with Crippen LogP contribution in [0.1, 0.15) is 9.75 Å². The number of hydrogen-bond donors (Lipinski definition) is 2. The molecule has 2 rings (SSSR count). The Bertz CT molecular complexity index is 736. The average Bonchev–Trinajstić information content (AvgIpc) is 2.80. The number of aryl methyl sites for hydroxylation is 1. The first-order valence-corrected chi connectivity index (χ1v) is 8.64. The molecule has 7 heteroatoms. The van der Waals surface area contributed by atoms with Crippen LogP contribution < -0.4 is 9.62 Å². The Morgan fingerprint density at radius 3 is 2.57 bits per heavy atom. The van der Waals surface area contributed by atoms with Crippen molar-refractivity contribution in [1.82, 2.24) is 0 Å². The highest BCUT2D eigenvalue weighted by Gasteiger charge is 2.20. The van der Waals surface area contributed by atoms with Crippen LogP contribution in [0, 0.1) is 6.92 Å². The maximum atomic E-state index is 12.4. The average molecular weight is 326 g/mol. The van der Waals surface area contributed by atoms with Gasteiger partial charge in [0.1, 0.15) is 4.90 Å². The molecule has 0 aliphatic carbocycles. The van der Waals surface area contributed by atoms with Crippen LogP contribution in [0.15, 0.2) is 35.2 Å². The van der Waals surface area contributed by atoms with E-state index in [0.29, 0.717) is 15.4 Å². The molecule has 0 unspecified atom stereocenters. The largest absolute Gasteiger partial charge is 0.391 e. The van der Waals surface area contributed by atoms with Gasteiger partial charge in [0.25, 0.3) is 10.0 Å². The lowest BCUT2D eigenvalue weighted by atomic mass is 10.3. The van der Waals surface area contributed by atoms with Crippen molar-refractivity contribution in [2.24, 2.45) is 0 Å². The highest BCUT2D eigenvalue weighted by Crippen LogP contribution is 2.28. The van der Waals surface area contributed by atoms with Crippen molar-refractivity contribution >= 4 is 32.7 Å². The SMILES string of the molecule is Cc1sc(CO)cc1S(=O)(=O)Nc1cccc(N(C)C)c1. The van der Waals surface area contributed by atoms with E-state index < -0.39 is 10.0 Å². The van der Waals surface area contributed by atoms with E-state index in [-0.39, 0.29) is 11.5 Å². The van der Waals surface area contributed by atoms with E-state index in [1.807, 2.05) is 25.1 Å². The first-order chi connectivity index (χ1) is 9.83. The van der Waals surface area contributed by atoms with Gasteiger partial charge in [0, 0.05) is 29.5 Å². The molecule has 0 saturated heterocycles. The number of aliphatic hydroxyl groups is 1. The number of thiophene rings is 1. The number of benzene rings is 1. The second kappa shape index (κ2) is 6.05. The van der Waals surface area contributed by atoms with E-state index in [2.05, 4.69) is 4.72 Å². The Morgan fingerprint density at radius 2 is 2.00 bits per heavy atom. The lowest BCUT2D eigenvalue weighted by Crippen LogP contribution is -2.14. The van der Waals surface area contributed by atoms with Crippen LogP contribution in [0.5, 0.6) is 0 Å². The highest BCUT2D eigenvalue weighted by atomic mass is 32.2. The molecule has 0 aliphatic heterocycles. The number of anilines is 2. The Hall–Kier alpha value is -1.57. The van der Waals surface area contributed by atoms with Crippen LogP contribution in [0.2, 0.25) is 0 Å². The normalized spacial score (nSPS) is 11.4. The number of sulfonamides is 1. The minimum Gasteiger partial charge on any atom is -0.391 e. The van der Waals surface area contributed by atoms with Crippen molar-refractivity contribution in [2.45, 2.75) is 18.4 Å². The van der Waals surface area contributed by atoms with Crippen molar-refractivity contribution < 1.29 is 13.5 Å². The molecule has 2 N–H and O–H groups in total. The van der Waals surface area contributed by atoms with E-state index in [0.717, 1.165) is 5.69 Å². The Kier molecular flexibility index (Phi) is 4.55. The summed E-state index contributed by atoms with van der Waals surface area (Å²) in [4.78, 5) is 3.41. The standard InChI is InChI=1S/C14H18N2O3S2/c1-10-14(8-13(9-17)20-10)21(18,19)15-11-5-4-6-12(7-11)16(2)3/h4-8,15,17H,9H2,1-3H3. The molecule has 1 aromatic carbocycles. The van der Waals surface area contributed by atoms with Crippen molar-refractivity contribution in [1.29, 1.82) is 0 Å². The van der Waals surface area contributed by atoms with Gasteiger partial charge >= 0.3 is 0 Å². The van der Waals surface area contributed by atoms with Crippen molar-refractivity contribution in [3.63, 3.8) is 0 Å². The monoisotopic (exact) mass is 326 g/mol. The third-order valence-electron chi connectivity index (χ3n) is 2.98.